The highest BCUT2D eigenvalue weighted by atomic mass is 15.3. The minimum atomic E-state index is 0.526. The molecule has 1 unspecified atom stereocenters. The zero-order valence-electron chi connectivity index (χ0n) is 8.96. The lowest BCUT2D eigenvalue weighted by Gasteiger charge is -2.26. The van der Waals surface area contributed by atoms with Crippen LogP contribution in [0.5, 0.6) is 0 Å². The Bertz CT molecular complexity index is 286. The first-order valence-electron chi connectivity index (χ1n) is 5.30. The van der Waals surface area contributed by atoms with Gasteiger partial charge in [0.25, 0.3) is 0 Å². The molecule has 0 bridgehead atoms. The second-order valence-corrected chi connectivity index (χ2v) is 4.06. The predicted octanol–water partition coefficient (Wildman–Crippen LogP) is 2.14. The van der Waals surface area contributed by atoms with Gasteiger partial charge in [-0.05, 0) is 38.4 Å². The van der Waals surface area contributed by atoms with Crippen LogP contribution >= 0.6 is 0 Å². The number of hydrogen-bond donors (Lipinski definition) is 1. The molecule has 2 rings (SSSR count). The molecule has 0 radical (unpaired) electrons. The summed E-state index contributed by atoms with van der Waals surface area (Å²) in [6.45, 7) is 3.28. The van der Waals surface area contributed by atoms with Gasteiger partial charge in [-0.2, -0.15) is 0 Å². The SMILES string of the molecule is Cc1ccc(N(C)C2CCCN2)cc1. The lowest BCUT2D eigenvalue weighted by Crippen LogP contribution is -2.39. The molecular formula is C12H18N2. The van der Waals surface area contributed by atoms with E-state index in [1.54, 1.807) is 0 Å². The maximum atomic E-state index is 3.50. The van der Waals surface area contributed by atoms with Crippen molar-refractivity contribution >= 4 is 5.69 Å². The third kappa shape index (κ3) is 1.90. The Labute approximate surface area is 85.9 Å². The molecule has 1 aliphatic rings. The molecule has 1 heterocycles. The molecule has 1 aromatic rings. The van der Waals surface area contributed by atoms with Crippen molar-refractivity contribution in [2.24, 2.45) is 0 Å². The molecule has 0 saturated carbocycles. The highest BCUT2D eigenvalue weighted by Gasteiger charge is 2.18. The van der Waals surface area contributed by atoms with Crippen molar-refractivity contribution in [2.45, 2.75) is 25.9 Å². The van der Waals surface area contributed by atoms with Crippen molar-refractivity contribution in [1.82, 2.24) is 5.32 Å². The summed E-state index contributed by atoms with van der Waals surface area (Å²) in [5, 5.41) is 3.50. The van der Waals surface area contributed by atoms with Crippen molar-refractivity contribution in [3.8, 4) is 0 Å². The first-order chi connectivity index (χ1) is 6.77. The van der Waals surface area contributed by atoms with Crippen molar-refractivity contribution in [1.29, 1.82) is 0 Å². The number of nitrogens with one attached hydrogen (secondary N) is 1. The minimum Gasteiger partial charge on any atom is -0.359 e. The Hall–Kier alpha value is -1.02. The maximum Gasteiger partial charge on any atom is 0.0793 e. The fraction of sp³-hybridized carbons (Fsp3) is 0.500. The summed E-state index contributed by atoms with van der Waals surface area (Å²) >= 11 is 0. The highest BCUT2D eigenvalue weighted by molar-refractivity contribution is 5.47. The van der Waals surface area contributed by atoms with Crippen LogP contribution in [0.1, 0.15) is 18.4 Å². The fourth-order valence-electron chi connectivity index (χ4n) is 1.96. The average Bonchev–Trinajstić information content (AvgIpc) is 2.71. The van der Waals surface area contributed by atoms with Gasteiger partial charge < -0.3 is 4.90 Å². The monoisotopic (exact) mass is 190 g/mol. The van der Waals surface area contributed by atoms with Gasteiger partial charge in [-0.1, -0.05) is 17.7 Å². The smallest absolute Gasteiger partial charge is 0.0793 e. The van der Waals surface area contributed by atoms with E-state index >= 15 is 0 Å². The van der Waals surface area contributed by atoms with Crippen LogP contribution in [0.25, 0.3) is 0 Å². The van der Waals surface area contributed by atoms with Crippen molar-refractivity contribution < 1.29 is 0 Å². The lowest BCUT2D eigenvalue weighted by molar-refractivity contribution is 0.594. The third-order valence-corrected chi connectivity index (χ3v) is 2.94. The quantitative estimate of drug-likeness (QED) is 0.768. The van der Waals surface area contributed by atoms with Crippen molar-refractivity contribution in [3.63, 3.8) is 0 Å². The molecule has 1 saturated heterocycles. The molecular weight excluding hydrogens is 172 g/mol. The number of hydrogen-bond acceptors (Lipinski definition) is 2. The normalized spacial score (nSPS) is 21.1. The van der Waals surface area contributed by atoms with Crippen LogP contribution in [0, 0.1) is 6.92 Å². The molecule has 76 valence electrons. The second-order valence-electron chi connectivity index (χ2n) is 4.06. The Morgan fingerprint density at radius 2 is 2.00 bits per heavy atom. The van der Waals surface area contributed by atoms with Gasteiger partial charge in [0.2, 0.25) is 0 Å². The number of aryl methyl sites for hydroxylation is 1. The minimum absolute atomic E-state index is 0.526. The lowest BCUT2D eigenvalue weighted by atomic mass is 10.2. The van der Waals surface area contributed by atoms with E-state index < -0.39 is 0 Å². The largest absolute Gasteiger partial charge is 0.359 e. The summed E-state index contributed by atoms with van der Waals surface area (Å²) in [6.07, 6.45) is 3.07. The van der Waals surface area contributed by atoms with E-state index in [4.69, 9.17) is 0 Å². The number of nitrogens with zero attached hydrogens (tertiary/aromatic N) is 1. The van der Waals surface area contributed by atoms with E-state index in [9.17, 15) is 0 Å². The van der Waals surface area contributed by atoms with E-state index in [1.165, 1.54) is 24.1 Å². The van der Waals surface area contributed by atoms with Crippen LogP contribution in [-0.4, -0.2) is 19.8 Å². The zero-order chi connectivity index (χ0) is 9.97. The molecule has 0 amide bonds. The summed E-state index contributed by atoms with van der Waals surface area (Å²) < 4.78 is 0. The molecule has 1 N–H and O–H groups in total. The van der Waals surface area contributed by atoms with E-state index in [1.807, 2.05) is 0 Å². The third-order valence-electron chi connectivity index (χ3n) is 2.94. The summed E-state index contributed by atoms with van der Waals surface area (Å²) in [7, 11) is 2.16. The van der Waals surface area contributed by atoms with Gasteiger partial charge >= 0.3 is 0 Å². The summed E-state index contributed by atoms with van der Waals surface area (Å²) in [6, 6.07) is 8.71. The molecule has 0 spiro atoms. The average molecular weight is 190 g/mol. The van der Waals surface area contributed by atoms with Gasteiger partial charge in [0.15, 0.2) is 0 Å². The molecule has 1 fully saturated rings. The molecule has 14 heavy (non-hydrogen) atoms. The van der Waals surface area contributed by atoms with Crippen molar-refractivity contribution in [2.75, 3.05) is 18.5 Å². The Balaban J connectivity index is 2.09. The molecule has 1 aliphatic heterocycles. The molecule has 2 nitrogen and oxygen atoms in total. The van der Waals surface area contributed by atoms with Crippen LogP contribution in [0.3, 0.4) is 0 Å². The van der Waals surface area contributed by atoms with E-state index in [2.05, 4.69) is 48.5 Å². The molecule has 0 aliphatic carbocycles. The highest BCUT2D eigenvalue weighted by Crippen LogP contribution is 2.18. The summed E-state index contributed by atoms with van der Waals surface area (Å²) in [4.78, 5) is 2.33. The van der Waals surface area contributed by atoms with E-state index in [0.29, 0.717) is 6.17 Å². The van der Waals surface area contributed by atoms with Crippen LogP contribution in [0.2, 0.25) is 0 Å². The van der Waals surface area contributed by atoms with Crippen molar-refractivity contribution in [3.05, 3.63) is 29.8 Å². The molecule has 1 atom stereocenters. The molecule has 2 heteroatoms. The van der Waals surface area contributed by atoms with E-state index in [-0.39, 0.29) is 0 Å². The Morgan fingerprint density at radius 1 is 1.29 bits per heavy atom. The van der Waals surface area contributed by atoms with Crippen LogP contribution in [0.4, 0.5) is 5.69 Å². The standard InChI is InChI=1S/C12H18N2/c1-10-5-7-11(8-6-10)14(2)12-4-3-9-13-12/h5-8,12-13H,3-4,9H2,1-2H3. The number of benzene rings is 1. The number of anilines is 1. The summed E-state index contributed by atoms with van der Waals surface area (Å²) in [5.41, 5.74) is 2.62. The van der Waals surface area contributed by atoms with Crippen LogP contribution in [-0.2, 0) is 0 Å². The summed E-state index contributed by atoms with van der Waals surface area (Å²) in [5.74, 6) is 0. The predicted molar refractivity (Wildman–Crippen MR) is 60.6 cm³/mol. The first kappa shape index (κ1) is 9.53. The van der Waals surface area contributed by atoms with Crippen LogP contribution < -0.4 is 10.2 Å². The first-order valence-corrected chi connectivity index (χ1v) is 5.30. The van der Waals surface area contributed by atoms with Gasteiger partial charge in [-0.15, -0.1) is 0 Å². The fourth-order valence-corrected chi connectivity index (χ4v) is 1.96. The molecule has 0 aromatic heterocycles. The van der Waals surface area contributed by atoms with Gasteiger partial charge in [0.1, 0.15) is 0 Å². The van der Waals surface area contributed by atoms with Gasteiger partial charge in [0, 0.05) is 12.7 Å². The van der Waals surface area contributed by atoms with Gasteiger partial charge in [-0.25, -0.2) is 0 Å². The topological polar surface area (TPSA) is 15.3 Å². The second kappa shape index (κ2) is 4.01. The Morgan fingerprint density at radius 3 is 2.57 bits per heavy atom. The zero-order valence-corrected chi connectivity index (χ0v) is 8.96. The van der Waals surface area contributed by atoms with Gasteiger partial charge in [0.05, 0.1) is 6.17 Å². The maximum absolute atomic E-state index is 3.50. The Kier molecular flexibility index (Phi) is 2.73. The van der Waals surface area contributed by atoms with Crippen LogP contribution in [0.15, 0.2) is 24.3 Å². The van der Waals surface area contributed by atoms with E-state index in [0.717, 1.165) is 6.54 Å². The number of rotatable bonds is 2. The van der Waals surface area contributed by atoms with Gasteiger partial charge in [-0.3, -0.25) is 5.32 Å². The molecule has 1 aromatic carbocycles.